The monoisotopic (exact) mass is 307 g/mol. The summed E-state index contributed by atoms with van der Waals surface area (Å²) in [6, 6.07) is 17.8. The molecule has 1 fully saturated rings. The van der Waals surface area contributed by atoms with E-state index in [0.717, 1.165) is 11.1 Å². The van der Waals surface area contributed by atoms with Crippen LogP contribution in [0.15, 0.2) is 54.6 Å². The first-order valence-corrected chi connectivity index (χ1v) is 7.94. The van der Waals surface area contributed by atoms with Crippen molar-refractivity contribution in [2.24, 2.45) is 5.92 Å². The number of likely N-dealkylation sites (N-methyl/N-ethyl adjacent to an activating group) is 1. The van der Waals surface area contributed by atoms with E-state index >= 15 is 0 Å². The Bertz CT molecular complexity index is 706. The Morgan fingerprint density at radius 3 is 2.39 bits per heavy atom. The summed E-state index contributed by atoms with van der Waals surface area (Å²) in [5.74, 6) is -0.667. The lowest BCUT2D eigenvalue weighted by Gasteiger charge is -2.16. The van der Waals surface area contributed by atoms with E-state index in [2.05, 4.69) is 0 Å². The summed E-state index contributed by atoms with van der Waals surface area (Å²) >= 11 is 0. The number of hydrogen-bond acceptors (Lipinski definition) is 2. The molecule has 1 saturated heterocycles. The number of carbonyl (C=O) groups excluding carboxylic acids is 2. The molecule has 1 aliphatic heterocycles. The number of Topliss-reactive ketones (excluding diaryl/α,β-unsaturated/α-hetero) is 1. The van der Waals surface area contributed by atoms with E-state index in [9.17, 15) is 9.59 Å². The summed E-state index contributed by atoms with van der Waals surface area (Å²) < 4.78 is 0. The van der Waals surface area contributed by atoms with E-state index in [1.807, 2.05) is 61.5 Å². The summed E-state index contributed by atoms with van der Waals surface area (Å²) in [4.78, 5) is 26.9. The average Bonchev–Trinajstić information content (AvgIpc) is 2.84. The molecule has 0 saturated carbocycles. The van der Waals surface area contributed by atoms with Crippen LogP contribution in [0.25, 0.3) is 0 Å². The molecule has 0 bridgehead atoms. The van der Waals surface area contributed by atoms with E-state index in [1.165, 1.54) is 5.56 Å². The molecular weight excluding hydrogens is 286 g/mol. The zero-order valence-electron chi connectivity index (χ0n) is 13.5. The van der Waals surface area contributed by atoms with Gasteiger partial charge in [0.25, 0.3) is 0 Å². The molecule has 0 aliphatic carbocycles. The van der Waals surface area contributed by atoms with Crippen LogP contribution in [0.1, 0.15) is 22.6 Å². The number of aryl methyl sites for hydroxylation is 1. The fourth-order valence-electron chi connectivity index (χ4n) is 3.28. The topological polar surface area (TPSA) is 37.4 Å². The first-order chi connectivity index (χ1) is 11.1. The molecule has 2 atom stereocenters. The fraction of sp³-hybridized carbons (Fsp3) is 0.300. The third-order valence-electron chi connectivity index (χ3n) is 4.59. The van der Waals surface area contributed by atoms with Crippen molar-refractivity contribution in [1.29, 1.82) is 0 Å². The normalized spacial score (nSPS) is 20.8. The maximum absolute atomic E-state index is 12.8. The number of hydrogen-bond donors (Lipinski definition) is 0. The van der Waals surface area contributed by atoms with E-state index < -0.39 is 5.92 Å². The van der Waals surface area contributed by atoms with Crippen LogP contribution in [0, 0.1) is 12.8 Å². The smallest absolute Gasteiger partial charge is 0.233 e. The minimum atomic E-state index is -0.567. The molecule has 0 aromatic heterocycles. The molecule has 3 heteroatoms. The molecule has 0 spiro atoms. The molecule has 0 N–H and O–H groups in total. The van der Waals surface area contributed by atoms with E-state index in [0.29, 0.717) is 13.0 Å². The highest BCUT2D eigenvalue weighted by Gasteiger charge is 2.43. The van der Waals surface area contributed by atoms with Gasteiger partial charge in [-0.2, -0.15) is 0 Å². The molecule has 1 heterocycles. The van der Waals surface area contributed by atoms with Gasteiger partial charge in [-0.15, -0.1) is 0 Å². The van der Waals surface area contributed by atoms with Crippen LogP contribution in [0.4, 0.5) is 0 Å². The Morgan fingerprint density at radius 1 is 1.09 bits per heavy atom. The van der Waals surface area contributed by atoms with Crippen LogP contribution in [-0.2, 0) is 16.0 Å². The molecule has 2 aromatic rings. The number of amides is 1. The summed E-state index contributed by atoms with van der Waals surface area (Å²) in [5, 5.41) is 0. The number of carbonyl (C=O) groups is 2. The van der Waals surface area contributed by atoms with Crippen LogP contribution >= 0.6 is 0 Å². The fourth-order valence-corrected chi connectivity index (χ4v) is 3.28. The number of ketones is 1. The van der Waals surface area contributed by atoms with Crippen molar-refractivity contribution >= 4 is 11.7 Å². The van der Waals surface area contributed by atoms with Gasteiger partial charge in [0.15, 0.2) is 0 Å². The maximum atomic E-state index is 12.8. The lowest BCUT2D eigenvalue weighted by molar-refractivity contribution is -0.136. The number of likely N-dealkylation sites (tertiary alicyclic amines) is 1. The van der Waals surface area contributed by atoms with Crippen molar-refractivity contribution < 1.29 is 9.59 Å². The zero-order valence-corrected chi connectivity index (χ0v) is 13.5. The summed E-state index contributed by atoms with van der Waals surface area (Å²) in [6.07, 6.45) is 0.313. The number of rotatable bonds is 4. The molecule has 1 aliphatic rings. The second-order valence-corrected chi connectivity index (χ2v) is 6.34. The van der Waals surface area contributed by atoms with Gasteiger partial charge in [0.1, 0.15) is 11.7 Å². The van der Waals surface area contributed by atoms with Crippen LogP contribution in [-0.4, -0.2) is 30.2 Å². The van der Waals surface area contributed by atoms with Crippen LogP contribution in [0.2, 0.25) is 0 Å². The highest BCUT2D eigenvalue weighted by molar-refractivity contribution is 6.04. The van der Waals surface area contributed by atoms with E-state index in [4.69, 9.17) is 0 Å². The molecule has 23 heavy (non-hydrogen) atoms. The molecule has 118 valence electrons. The Balaban J connectivity index is 1.86. The van der Waals surface area contributed by atoms with Gasteiger partial charge in [0, 0.05) is 25.9 Å². The lowest BCUT2D eigenvalue weighted by Crippen LogP contribution is -2.29. The first-order valence-electron chi connectivity index (χ1n) is 7.94. The van der Waals surface area contributed by atoms with Gasteiger partial charge in [0.05, 0.1) is 0 Å². The molecule has 0 unspecified atom stereocenters. The molecular formula is C20H21NO2. The van der Waals surface area contributed by atoms with Crippen molar-refractivity contribution in [2.45, 2.75) is 19.3 Å². The predicted molar refractivity (Wildman–Crippen MR) is 90.2 cm³/mol. The Hall–Kier alpha value is -2.42. The molecule has 2 aromatic carbocycles. The zero-order chi connectivity index (χ0) is 16.4. The molecule has 3 nitrogen and oxygen atoms in total. The summed E-state index contributed by atoms with van der Waals surface area (Å²) in [7, 11) is 1.78. The number of nitrogens with zero attached hydrogens (tertiary/aromatic N) is 1. The van der Waals surface area contributed by atoms with Crippen molar-refractivity contribution in [3.63, 3.8) is 0 Å². The Labute approximate surface area is 136 Å². The number of benzene rings is 2. The summed E-state index contributed by atoms with van der Waals surface area (Å²) in [5.41, 5.74) is 3.21. The second kappa shape index (κ2) is 6.37. The maximum Gasteiger partial charge on any atom is 0.233 e. The first kappa shape index (κ1) is 15.5. The highest BCUT2D eigenvalue weighted by Crippen LogP contribution is 2.34. The van der Waals surface area contributed by atoms with Crippen LogP contribution in [0.3, 0.4) is 0 Å². The third kappa shape index (κ3) is 3.19. The van der Waals surface area contributed by atoms with Crippen LogP contribution < -0.4 is 0 Å². The van der Waals surface area contributed by atoms with Gasteiger partial charge in [-0.05, 0) is 18.1 Å². The second-order valence-electron chi connectivity index (χ2n) is 6.34. The quantitative estimate of drug-likeness (QED) is 0.814. The van der Waals surface area contributed by atoms with Gasteiger partial charge in [-0.3, -0.25) is 9.59 Å². The minimum absolute atomic E-state index is 0.0103. The van der Waals surface area contributed by atoms with Crippen molar-refractivity contribution in [2.75, 3.05) is 13.6 Å². The van der Waals surface area contributed by atoms with Gasteiger partial charge in [-0.25, -0.2) is 0 Å². The van der Waals surface area contributed by atoms with E-state index in [1.54, 1.807) is 11.9 Å². The van der Waals surface area contributed by atoms with Gasteiger partial charge < -0.3 is 4.90 Å². The molecule has 0 radical (unpaired) electrons. The highest BCUT2D eigenvalue weighted by atomic mass is 16.2. The largest absolute Gasteiger partial charge is 0.344 e. The predicted octanol–water partition coefficient (Wildman–Crippen LogP) is 2.98. The Morgan fingerprint density at radius 2 is 1.74 bits per heavy atom. The minimum Gasteiger partial charge on any atom is -0.344 e. The lowest BCUT2D eigenvalue weighted by atomic mass is 9.83. The standard InChI is InChI=1S/C20H21NO2/c1-14-8-10-16(11-9-14)17-13-21(2)20(23)19(17)18(22)12-15-6-4-3-5-7-15/h3-11,17,19H,12-13H2,1-2H3/t17-,19+/m1/s1. The van der Waals surface area contributed by atoms with E-state index in [-0.39, 0.29) is 17.6 Å². The molecule has 3 rings (SSSR count). The molecule has 1 amide bonds. The van der Waals surface area contributed by atoms with Gasteiger partial charge >= 0.3 is 0 Å². The van der Waals surface area contributed by atoms with Crippen molar-refractivity contribution in [3.8, 4) is 0 Å². The SMILES string of the molecule is Cc1ccc([C@H]2CN(C)C(=O)[C@@H]2C(=O)Cc2ccccc2)cc1. The van der Waals surface area contributed by atoms with Crippen molar-refractivity contribution in [3.05, 3.63) is 71.3 Å². The van der Waals surface area contributed by atoms with Gasteiger partial charge in [0.2, 0.25) is 5.91 Å². The van der Waals surface area contributed by atoms with Gasteiger partial charge in [-0.1, -0.05) is 60.2 Å². The Kier molecular flexibility index (Phi) is 4.28. The summed E-state index contributed by atoms with van der Waals surface area (Å²) in [6.45, 7) is 2.64. The van der Waals surface area contributed by atoms with Crippen LogP contribution in [0.5, 0.6) is 0 Å². The average molecular weight is 307 g/mol. The van der Waals surface area contributed by atoms with Crippen molar-refractivity contribution in [1.82, 2.24) is 4.90 Å². The third-order valence-corrected chi connectivity index (χ3v) is 4.59.